The molecule has 0 fully saturated rings. The Morgan fingerprint density at radius 2 is 1.63 bits per heavy atom. The van der Waals surface area contributed by atoms with Crippen molar-refractivity contribution in [1.82, 2.24) is 0 Å². The first kappa shape index (κ1) is 20.9. The van der Waals surface area contributed by atoms with E-state index in [4.69, 9.17) is 18.8 Å². The van der Waals surface area contributed by atoms with E-state index < -0.39 is 23.2 Å². The number of benzene rings is 2. The summed E-state index contributed by atoms with van der Waals surface area (Å²) in [5.41, 5.74) is 1.97. The topological polar surface area (TPSA) is 82.1 Å². The molecule has 2 aromatic carbocycles. The van der Waals surface area contributed by atoms with Gasteiger partial charge in [-0.3, -0.25) is 0 Å². The molecule has 0 heterocycles. The number of rotatable bonds is 11. The van der Waals surface area contributed by atoms with E-state index in [1.807, 2.05) is 36.4 Å². The lowest BCUT2D eigenvalue weighted by molar-refractivity contribution is -0.149. The summed E-state index contributed by atoms with van der Waals surface area (Å²) in [6.07, 6.45) is 1.69. The van der Waals surface area contributed by atoms with E-state index >= 15 is 0 Å². The minimum absolute atomic E-state index is 0.320. The zero-order chi connectivity index (χ0) is 19.6. The van der Waals surface area contributed by atoms with Crippen molar-refractivity contribution >= 4 is 17.0 Å². The molecule has 27 heavy (non-hydrogen) atoms. The van der Waals surface area contributed by atoms with Gasteiger partial charge in [-0.15, -0.1) is 0 Å². The Kier molecular flexibility index (Phi) is 8.29. The number of carboxylic acid groups (broad SMARTS) is 1. The molecule has 2 rings (SSSR count). The fourth-order valence-electron chi connectivity index (χ4n) is 2.49. The number of hydrogen-bond acceptors (Lipinski definition) is 5. The molecule has 0 amide bonds. The summed E-state index contributed by atoms with van der Waals surface area (Å²) >= 11 is -1.33. The Balaban J connectivity index is 1.81. The number of aliphatic carboxylic acids is 1. The molecule has 0 saturated heterocycles. The third-order valence-corrected chi connectivity index (χ3v) is 4.21. The van der Waals surface area contributed by atoms with Crippen LogP contribution in [-0.2, 0) is 33.5 Å². The van der Waals surface area contributed by atoms with Crippen LogP contribution in [0.4, 0.5) is 0 Å². The standard InChI is InChI=1S/C20H24O6S/c1-3-24-19(20(21)22)14-16-6-8-17(9-7-16)25-13-12-15-4-10-18(11-5-15)26-27(2)23/h4-11,19H,3,12-14H2,1-2H3,(H,21,22). The van der Waals surface area contributed by atoms with Crippen LogP contribution >= 0.6 is 0 Å². The van der Waals surface area contributed by atoms with Gasteiger partial charge in [-0.2, -0.15) is 0 Å². The Hall–Kier alpha value is -2.38. The van der Waals surface area contributed by atoms with E-state index in [2.05, 4.69) is 0 Å². The third kappa shape index (κ3) is 7.40. The van der Waals surface area contributed by atoms with Gasteiger partial charge in [0.2, 0.25) is 11.1 Å². The van der Waals surface area contributed by atoms with E-state index in [0.717, 1.165) is 23.3 Å². The molecule has 1 N–H and O–H groups in total. The highest BCUT2D eigenvalue weighted by Crippen LogP contribution is 2.16. The molecule has 6 nitrogen and oxygen atoms in total. The molecule has 0 aliphatic heterocycles. The number of hydrogen-bond donors (Lipinski definition) is 1. The second kappa shape index (κ2) is 10.7. The van der Waals surface area contributed by atoms with Crippen LogP contribution in [0.3, 0.4) is 0 Å². The molecular formula is C20H24O6S. The van der Waals surface area contributed by atoms with Gasteiger partial charge in [-0.1, -0.05) is 24.3 Å². The van der Waals surface area contributed by atoms with Crippen molar-refractivity contribution in [3.8, 4) is 11.5 Å². The van der Waals surface area contributed by atoms with Gasteiger partial charge in [-0.05, 0) is 42.3 Å². The molecular weight excluding hydrogens is 368 g/mol. The van der Waals surface area contributed by atoms with Crippen molar-refractivity contribution in [2.24, 2.45) is 0 Å². The van der Waals surface area contributed by atoms with Crippen molar-refractivity contribution < 1.29 is 27.8 Å². The van der Waals surface area contributed by atoms with Crippen molar-refractivity contribution in [3.05, 3.63) is 59.7 Å². The minimum atomic E-state index is -1.33. The molecule has 2 atom stereocenters. The molecule has 0 saturated carbocycles. The Morgan fingerprint density at radius 1 is 1.04 bits per heavy atom. The lowest BCUT2D eigenvalue weighted by atomic mass is 10.1. The highest BCUT2D eigenvalue weighted by molar-refractivity contribution is 7.79. The summed E-state index contributed by atoms with van der Waals surface area (Å²) in [6.45, 7) is 2.65. The maximum absolute atomic E-state index is 11.1. The number of carbonyl (C=O) groups is 1. The van der Waals surface area contributed by atoms with Gasteiger partial charge in [0.05, 0.1) is 6.61 Å². The van der Waals surface area contributed by atoms with E-state index in [1.54, 1.807) is 19.1 Å². The van der Waals surface area contributed by atoms with Crippen LogP contribution < -0.4 is 8.92 Å². The zero-order valence-corrected chi connectivity index (χ0v) is 16.2. The first-order valence-electron chi connectivity index (χ1n) is 8.64. The molecule has 0 aromatic heterocycles. The van der Waals surface area contributed by atoms with Gasteiger partial charge in [0.25, 0.3) is 0 Å². The third-order valence-electron chi connectivity index (χ3n) is 3.78. The molecule has 0 aliphatic rings. The maximum Gasteiger partial charge on any atom is 0.333 e. The molecule has 2 aromatic rings. The van der Waals surface area contributed by atoms with Gasteiger partial charge >= 0.3 is 5.97 Å². The van der Waals surface area contributed by atoms with Crippen molar-refractivity contribution in [1.29, 1.82) is 0 Å². The van der Waals surface area contributed by atoms with Crippen molar-refractivity contribution in [2.45, 2.75) is 25.9 Å². The van der Waals surface area contributed by atoms with Gasteiger partial charge in [0, 0.05) is 25.7 Å². The highest BCUT2D eigenvalue weighted by Gasteiger charge is 2.17. The largest absolute Gasteiger partial charge is 0.493 e. The van der Waals surface area contributed by atoms with E-state index in [9.17, 15) is 9.00 Å². The summed E-state index contributed by atoms with van der Waals surface area (Å²) in [5.74, 6) is 0.338. The van der Waals surface area contributed by atoms with Gasteiger partial charge < -0.3 is 18.8 Å². The summed E-state index contributed by atoms with van der Waals surface area (Å²) in [5, 5.41) is 9.13. The first-order chi connectivity index (χ1) is 13.0. The molecule has 2 unspecified atom stereocenters. The van der Waals surface area contributed by atoms with Crippen molar-refractivity contribution in [2.75, 3.05) is 19.5 Å². The fraction of sp³-hybridized carbons (Fsp3) is 0.350. The SMILES string of the molecule is CCOC(Cc1ccc(OCCc2ccc(OS(C)=O)cc2)cc1)C(=O)O. The fourth-order valence-corrected chi connectivity index (χ4v) is 2.87. The molecule has 0 aliphatic carbocycles. The van der Waals surface area contributed by atoms with Crippen LogP contribution in [0.5, 0.6) is 11.5 Å². The smallest absolute Gasteiger partial charge is 0.333 e. The van der Waals surface area contributed by atoms with Crippen molar-refractivity contribution in [3.63, 3.8) is 0 Å². The van der Waals surface area contributed by atoms with Gasteiger partial charge in [0.1, 0.15) is 11.5 Å². The number of ether oxygens (including phenoxy) is 2. The predicted molar refractivity (Wildman–Crippen MR) is 104 cm³/mol. The van der Waals surface area contributed by atoms with Crippen LogP contribution in [0.25, 0.3) is 0 Å². The van der Waals surface area contributed by atoms with Crippen LogP contribution in [-0.4, -0.2) is 40.9 Å². The molecule has 0 radical (unpaired) electrons. The molecule has 146 valence electrons. The lowest BCUT2D eigenvalue weighted by Crippen LogP contribution is -2.26. The van der Waals surface area contributed by atoms with Crippen LogP contribution in [0.2, 0.25) is 0 Å². The normalized spacial score (nSPS) is 13.0. The Bertz CT molecular complexity index is 742. The second-order valence-corrected chi connectivity index (χ2v) is 6.83. The van der Waals surface area contributed by atoms with Gasteiger partial charge in [0.15, 0.2) is 6.10 Å². The molecule has 7 heteroatoms. The number of carboxylic acids is 1. The Labute approximate surface area is 161 Å². The Morgan fingerprint density at radius 3 is 2.19 bits per heavy atom. The van der Waals surface area contributed by atoms with Crippen LogP contribution in [0, 0.1) is 0 Å². The summed E-state index contributed by atoms with van der Waals surface area (Å²) in [6, 6.07) is 14.7. The lowest BCUT2D eigenvalue weighted by Gasteiger charge is -2.13. The molecule has 0 spiro atoms. The summed E-state index contributed by atoms with van der Waals surface area (Å²) in [7, 11) is 0. The quantitative estimate of drug-likeness (QED) is 0.633. The van der Waals surface area contributed by atoms with Gasteiger partial charge in [-0.25, -0.2) is 9.00 Å². The average molecular weight is 392 g/mol. The van der Waals surface area contributed by atoms with Crippen LogP contribution in [0.15, 0.2) is 48.5 Å². The monoisotopic (exact) mass is 392 g/mol. The van der Waals surface area contributed by atoms with E-state index in [1.165, 1.54) is 6.26 Å². The average Bonchev–Trinajstić information content (AvgIpc) is 2.63. The maximum atomic E-state index is 11.1. The van der Waals surface area contributed by atoms with Crippen LogP contribution in [0.1, 0.15) is 18.1 Å². The van der Waals surface area contributed by atoms with E-state index in [-0.39, 0.29) is 0 Å². The second-order valence-electron chi connectivity index (χ2n) is 5.86. The predicted octanol–water partition coefficient (Wildman–Crippen LogP) is 3.01. The summed E-state index contributed by atoms with van der Waals surface area (Å²) in [4.78, 5) is 11.1. The first-order valence-corrected chi connectivity index (χ1v) is 10.1. The van der Waals surface area contributed by atoms with E-state index in [0.29, 0.717) is 25.4 Å². The molecule has 0 bridgehead atoms. The summed E-state index contributed by atoms with van der Waals surface area (Å²) < 4.78 is 27.1. The minimum Gasteiger partial charge on any atom is -0.493 e. The zero-order valence-electron chi connectivity index (χ0n) is 15.4. The highest BCUT2D eigenvalue weighted by atomic mass is 32.2.